The quantitative estimate of drug-likeness (QED) is 0.415. The van der Waals surface area contributed by atoms with Gasteiger partial charge in [0.2, 0.25) is 0 Å². The lowest BCUT2D eigenvalue weighted by molar-refractivity contribution is 0.271. The van der Waals surface area contributed by atoms with Crippen LogP contribution in [0.5, 0.6) is 5.75 Å². The molecule has 1 aromatic carbocycles. The fourth-order valence-electron chi connectivity index (χ4n) is 1.50. The summed E-state index contributed by atoms with van der Waals surface area (Å²) in [6.45, 7) is 10.7. The van der Waals surface area contributed by atoms with E-state index in [1.165, 1.54) is 0 Å². The van der Waals surface area contributed by atoms with Gasteiger partial charge < -0.3 is 15.8 Å². The second-order valence-corrected chi connectivity index (χ2v) is 5.83. The second kappa shape index (κ2) is 10.7. The van der Waals surface area contributed by atoms with E-state index in [9.17, 15) is 0 Å². The molecule has 0 amide bonds. The van der Waals surface area contributed by atoms with Crippen molar-refractivity contribution >= 4 is 29.9 Å². The van der Waals surface area contributed by atoms with Crippen molar-refractivity contribution in [3.63, 3.8) is 0 Å². The molecule has 5 heteroatoms. The molecular formula is C16H28IN3O. The maximum Gasteiger partial charge on any atom is 0.188 e. The number of nitrogens with two attached hydrogens (primary N) is 1. The first-order valence-corrected chi connectivity index (χ1v) is 7.23. The summed E-state index contributed by atoms with van der Waals surface area (Å²) in [5.41, 5.74) is 6.92. The lowest BCUT2D eigenvalue weighted by Gasteiger charge is -2.09. The Hall–Kier alpha value is -0.980. The van der Waals surface area contributed by atoms with Gasteiger partial charge in [-0.05, 0) is 29.5 Å². The number of benzene rings is 1. The number of hydrogen-bond donors (Lipinski definition) is 2. The van der Waals surface area contributed by atoms with Gasteiger partial charge in [0.15, 0.2) is 5.96 Å². The fraction of sp³-hybridized carbons (Fsp3) is 0.562. The zero-order valence-corrected chi connectivity index (χ0v) is 15.8. The highest BCUT2D eigenvalue weighted by Crippen LogP contribution is 2.13. The molecule has 0 aliphatic carbocycles. The summed E-state index contributed by atoms with van der Waals surface area (Å²) >= 11 is 0. The van der Waals surface area contributed by atoms with E-state index in [-0.39, 0.29) is 24.0 Å². The predicted octanol–water partition coefficient (Wildman–Crippen LogP) is 3.40. The van der Waals surface area contributed by atoms with E-state index in [0.717, 1.165) is 24.5 Å². The van der Waals surface area contributed by atoms with E-state index < -0.39 is 0 Å². The third-order valence-corrected chi connectivity index (χ3v) is 2.63. The zero-order valence-electron chi connectivity index (χ0n) is 13.4. The van der Waals surface area contributed by atoms with Crippen LogP contribution in [0.3, 0.4) is 0 Å². The first-order chi connectivity index (χ1) is 9.47. The monoisotopic (exact) mass is 405 g/mol. The van der Waals surface area contributed by atoms with Crippen molar-refractivity contribution < 1.29 is 4.74 Å². The summed E-state index contributed by atoms with van der Waals surface area (Å²) in [6, 6.07) is 8.00. The highest BCUT2D eigenvalue weighted by atomic mass is 127. The molecule has 0 spiro atoms. The van der Waals surface area contributed by atoms with Crippen LogP contribution in [0.4, 0.5) is 0 Å². The van der Waals surface area contributed by atoms with Crippen LogP contribution in [-0.2, 0) is 6.54 Å². The maximum absolute atomic E-state index is 5.79. The Bertz CT molecular complexity index is 416. The van der Waals surface area contributed by atoms with Gasteiger partial charge >= 0.3 is 0 Å². The van der Waals surface area contributed by atoms with Crippen LogP contribution in [0.2, 0.25) is 0 Å². The standard InChI is InChI=1S/C16H27N3O.HI/c1-12(2)9-18-16(17)19-10-14-5-7-15(8-6-14)20-11-13(3)4;/h5-8,12-13H,9-11H2,1-4H3,(H3,17,18,19);1H. The van der Waals surface area contributed by atoms with Gasteiger partial charge in [-0.2, -0.15) is 0 Å². The van der Waals surface area contributed by atoms with Crippen LogP contribution in [-0.4, -0.2) is 19.1 Å². The lowest BCUT2D eigenvalue weighted by atomic mass is 10.2. The molecule has 3 N–H and O–H groups in total. The Morgan fingerprint density at radius 3 is 2.29 bits per heavy atom. The molecule has 0 saturated carbocycles. The normalized spacial score (nSPS) is 11.4. The topological polar surface area (TPSA) is 59.6 Å². The average Bonchev–Trinajstić information content (AvgIpc) is 2.41. The molecule has 0 atom stereocenters. The van der Waals surface area contributed by atoms with Gasteiger partial charge in [0.05, 0.1) is 13.2 Å². The molecule has 0 aromatic heterocycles. The molecule has 0 aliphatic rings. The van der Waals surface area contributed by atoms with Gasteiger partial charge in [0.25, 0.3) is 0 Å². The molecule has 1 aromatic rings. The number of rotatable bonds is 7. The van der Waals surface area contributed by atoms with Gasteiger partial charge in [-0.15, -0.1) is 24.0 Å². The molecular weight excluding hydrogens is 377 g/mol. The number of aliphatic imine (C=N–C) groups is 1. The molecule has 4 nitrogen and oxygen atoms in total. The minimum Gasteiger partial charge on any atom is -0.493 e. The molecule has 21 heavy (non-hydrogen) atoms. The SMILES string of the molecule is CC(C)CNC(N)=NCc1ccc(OCC(C)C)cc1.I. The summed E-state index contributed by atoms with van der Waals surface area (Å²) in [6.07, 6.45) is 0. The third-order valence-electron chi connectivity index (χ3n) is 2.63. The summed E-state index contributed by atoms with van der Waals surface area (Å²) in [7, 11) is 0. The van der Waals surface area contributed by atoms with Gasteiger partial charge in [-0.3, -0.25) is 0 Å². The molecule has 0 aliphatic heterocycles. The number of ether oxygens (including phenoxy) is 1. The van der Waals surface area contributed by atoms with Crippen molar-refractivity contribution in [3.05, 3.63) is 29.8 Å². The Labute approximate surface area is 145 Å². The van der Waals surface area contributed by atoms with E-state index in [1.807, 2.05) is 24.3 Å². The summed E-state index contributed by atoms with van der Waals surface area (Å²) < 4.78 is 5.64. The number of hydrogen-bond acceptors (Lipinski definition) is 2. The Morgan fingerprint density at radius 1 is 1.14 bits per heavy atom. The van der Waals surface area contributed by atoms with Crippen molar-refractivity contribution in [2.24, 2.45) is 22.6 Å². The van der Waals surface area contributed by atoms with Gasteiger partial charge in [0.1, 0.15) is 5.75 Å². The number of halogens is 1. The smallest absolute Gasteiger partial charge is 0.188 e. The second-order valence-electron chi connectivity index (χ2n) is 5.83. The summed E-state index contributed by atoms with van der Waals surface area (Å²) in [5, 5.41) is 3.10. The van der Waals surface area contributed by atoms with Crippen molar-refractivity contribution in [3.8, 4) is 5.75 Å². The van der Waals surface area contributed by atoms with Crippen molar-refractivity contribution in [2.75, 3.05) is 13.2 Å². The molecule has 0 fully saturated rings. The van der Waals surface area contributed by atoms with Gasteiger partial charge in [0, 0.05) is 6.54 Å². The lowest BCUT2D eigenvalue weighted by Crippen LogP contribution is -2.34. The number of nitrogens with zero attached hydrogens (tertiary/aromatic N) is 1. The third kappa shape index (κ3) is 9.55. The van der Waals surface area contributed by atoms with Gasteiger partial charge in [-0.1, -0.05) is 39.8 Å². The average molecular weight is 405 g/mol. The molecule has 0 heterocycles. The van der Waals surface area contributed by atoms with Crippen LogP contribution >= 0.6 is 24.0 Å². The van der Waals surface area contributed by atoms with Crippen LogP contribution in [0, 0.1) is 11.8 Å². The predicted molar refractivity (Wildman–Crippen MR) is 100 cm³/mol. The van der Waals surface area contributed by atoms with Crippen LogP contribution in [0.15, 0.2) is 29.3 Å². The van der Waals surface area contributed by atoms with Crippen molar-refractivity contribution in [1.82, 2.24) is 5.32 Å². The highest BCUT2D eigenvalue weighted by molar-refractivity contribution is 14.0. The van der Waals surface area contributed by atoms with E-state index >= 15 is 0 Å². The van der Waals surface area contributed by atoms with Crippen LogP contribution in [0.1, 0.15) is 33.3 Å². The fourth-order valence-corrected chi connectivity index (χ4v) is 1.50. The van der Waals surface area contributed by atoms with E-state index in [4.69, 9.17) is 10.5 Å². The Kier molecular flexibility index (Phi) is 10.2. The van der Waals surface area contributed by atoms with Gasteiger partial charge in [-0.25, -0.2) is 4.99 Å². The molecule has 120 valence electrons. The summed E-state index contributed by atoms with van der Waals surface area (Å²) in [4.78, 5) is 4.31. The molecule has 0 radical (unpaired) electrons. The van der Waals surface area contributed by atoms with E-state index in [0.29, 0.717) is 24.3 Å². The van der Waals surface area contributed by atoms with E-state index in [2.05, 4.69) is 38.0 Å². The zero-order chi connectivity index (χ0) is 15.0. The highest BCUT2D eigenvalue weighted by Gasteiger charge is 1.99. The number of guanidine groups is 1. The van der Waals surface area contributed by atoms with Crippen LogP contribution < -0.4 is 15.8 Å². The molecule has 0 unspecified atom stereocenters. The van der Waals surface area contributed by atoms with Crippen molar-refractivity contribution in [1.29, 1.82) is 0 Å². The molecule has 0 bridgehead atoms. The Balaban J connectivity index is 0.00000400. The van der Waals surface area contributed by atoms with Crippen molar-refractivity contribution in [2.45, 2.75) is 34.2 Å². The molecule has 1 rings (SSSR count). The maximum atomic E-state index is 5.79. The molecule has 0 saturated heterocycles. The van der Waals surface area contributed by atoms with E-state index in [1.54, 1.807) is 0 Å². The van der Waals surface area contributed by atoms with Crippen LogP contribution in [0.25, 0.3) is 0 Å². The largest absolute Gasteiger partial charge is 0.493 e. The first kappa shape index (κ1) is 20.0. The minimum atomic E-state index is 0. The first-order valence-electron chi connectivity index (χ1n) is 7.23. The number of nitrogens with one attached hydrogen (secondary N) is 1. The summed E-state index contributed by atoms with van der Waals surface area (Å²) in [5.74, 6) is 2.49. The Morgan fingerprint density at radius 2 is 1.76 bits per heavy atom. The minimum absolute atomic E-state index is 0.